The minimum Gasteiger partial charge on any atom is -0.753 e. The molecule has 0 saturated heterocycles. The van der Waals surface area contributed by atoms with Crippen LogP contribution in [-0.4, -0.2) is 69.4 Å². The number of aromatic nitrogens is 4. The van der Waals surface area contributed by atoms with Gasteiger partial charge in [0.2, 0.25) is 0 Å². The number of carbonyl (C=O) groups is 4. The molecule has 0 aliphatic carbocycles. The van der Waals surface area contributed by atoms with Crippen molar-refractivity contribution in [3.63, 3.8) is 0 Å². The molecule has 3 aromatic carbocycles. The summed E-state index contributed by atoms with van der Waals surface area (Å²) in [6, 6.07) is 26.7. The van der Waals surface area contributed by atoms with Gasteiger partial charge in [-0.3, -0.25) is 19.9 Å². The molecule has 14 nitrogen and oxygen atoms in total. The van der Waals surface area contributed by atoms with Gasteiger partial charge in [-0.05, 0) is 82.9 Å². The molecule has 0 atom stereocenters. The van der Waals surface area contributed by atoms with Gasteiger partial charge in [0.1, 0.15) is 0 Å². The van der Waals surface area contributed by atoms with E-state index < -0.39 is 23.9 Å². The van der Waals surface area contributed by atoms with E-state index in [9.17, 15) is 19.2 Å². The Kier molecular flexibility index (Phi) is 18.5. The Morgan fingerprint density at radius 1 is 0.541 bits per heavy atom. The van der Waals surface area contributed by atoms with Gasteiger partial charge in [0.05, 0.1) is 44.7 Å². The van der Waals surface area contributed by atoms with Gasteiger partial charge in [-0.1, -0.05) is 78.3 Å². The van der Waals surface area contributed by atoms with Gasteiger partial charge in [-0.15, -0.1) is 0 Å². The molecule has 302 valence electrons. The first-order valence-electron chi connectivity index (χ1n) is 17.0. The second-order valence-corrected chi connectivity index (χ2v) is 12.2. The molecule has 0 bridgehead atoms. The van der Waals surface area contributed by atoms with E-state index >= 15 is 0 Å². The normalized spacial score (nSPS) is 10.0. The van der Waals surface area contributed by atoms with Crippen LogP contribution in [0.1, 0.15) is 63.7 Å². The van der Waals surface area contributed by atoms with Crippen LogP contribution in [0.2, 0.25) is 0 Å². The van der Waals surface area contributed by atoms with Crippen LogP contribution in [-0.2, 0) is 32.1 Å². The van der Waals surface area contributed by atoms with Crippen molar-refractivity contribution in [3.8, 4) is 16.8 Å². The Balaban J connectivity index is 0.000000332. The number of pyridine rings is 4. The molecule has 0 fully saturated rings. The predicted octanol–water partition coefficient (Wildman–Crippen LogP) is 8.73. The fraction of sp³-hybridized carbons (Fsp3) is 0. The number of aromatic carboxylic acids is 4. The molecule has 7 rings (SSSR count). The number of nitriles is 1. The molecule has 61 heavy (non-hydrogen) atoms. The largest absolute Gasteiger partial charge is 2.00 e. The average Bonchev–Trinajstić information content (AvgIpc) is 3.26. The summed E-state index contributed by atoms with van der Waals surface area (Å²) in [5.41, 5.74) is 6.61. The molecule has 0 aliphatic heterocycles. The van der Waals surface area contributed by atoms with E-state index in [1.165, 1.54) is 47.2 Å². The summed E-state index contributed by atoms with van der Waals surface area (Å²) in [6.45, 7) is 0. The van der Waals surface area contributed by atoms with Crippen molar-refractivity contribution in [2.75, 3.05) is 0 Å². The maximum absolute atomic E-state index is 11.1. The number of hydrogen-bond donors (Lipinski definition) is 4. The van der Waals surface area contributed by atoms with Gasteiger partial charge >= 0.3 is 43.4 Å². The van der Waals surface area contributed by atoms with Gasteiger partial charge in [-0.2, -0.15) is 5.16 Å². The Labute approximate surface area is 370 Å². The maximum atomic E-state index is 11.1. The van der Waals surface area contributed by atoms with E-state index in [1.54, 1.807) is 60.9 Å². The number of isothiocyanates is 1. The quantitative estimate of drug-likeness (QED) is 0.0264. The standard InChI is InChI=1S/C30H20N2O4.C12H8N2O4.CHNS.CNS.Ru/c33-29(34)23-9-3-19(4-10-23)1-7-21-15-17-31-27-25(21)13-14-26-22(16-18-32-28(26)27)8-2-20-5-11-24(12-6-20)30(35)36;15-11(16)7-1-3-13-9(5-7)10-6-8(12(17)18)2-4-14-10;2*2-1-3;/h1-18H,(H,33,34)(H,35,36);1-6H,(H,15,16)(H,17,18);3H;;/q;;;-1;+2/p-1/b7-1+,8-2+;;;;. The van der Waals surface area contributed by atoms with Gasteiger partial charge in [0.15, 0.2) is 0 Å². The third kappa shape index (κ3) is 13.4. The summed E-state index contributed by atoms with van der Waals surface area (Å²) in [5.74, 6) is -4.05. The number of fused-ring (bicyclic) bond motifs is 3. The fourth-order valence-electron chi connectivity index (χ4n) is 5.41. The van der Waals surface area contributed by atoms with Crippen LogP contribution in [0.3, 0.4) is 0 Å². The van der Waals surface area contributed by atoms with Crippen molar-refractivity contribution in [1.82, 2.24) is 19.9 Å². The van der Waals surface area contributed by atoms with E-state index in [0.29, 0.717) is 11.4 Å². The van der Waals surface area contributed by atoms with Crippen molar-refractivity contribution in [3.05, 3.63) is 172 Å². The molecular formula is C44H28N6O8RuS2. The number of benzene rings is 3. The second kappa shape index (κ2) is 23.6. The molecule has 17 heteroatoms. The number of carboxylic acids is 4. The average molecular weight is 934 g/mol. The van der Waals surface area contributed by atoms with E-state index in [2.05, 4.69) is 44.8 Å². The predicted molar refractivity (Wildman–Crippen MR) is 232 cm³/mol. The van der Waals surface area contributed by atoms with Crippen molar-refractivity contribution in [2.24, 2.45) is 0 Å². The van der Waals surface area contributed by atoms with E-state index in [-0.39, 0.29) is 41.7 Å². The molecule has 7 aromatic rings. The molecular weight excluding hydrogens is 906 g/mol. The summed E-state index contributed by atoms with van der Waals surface area (Å²) < 4.78 is 0. The molecule has 4 aromatic heterocycles. The van der Waals surface area contributed by atoms with Crippen molar-refractivity contribution < 1.29 is 59.1 Å². The molecule has 0 spiro atoms. The number of hydrogen-bond acceptors (Lipinski definition) is 11. The third-order valence-electron chi connectivity index (χ3n) is 8.19. The smallest absolute Gasteiger partial charge is 0.753 e. The zero-order valence-electron chi connectivity index (χ0n) is 31.1. The van der Waals surface area contributed by atoms with E-state index in [4.69, 9.17) is 31.1 Å². The van der Waals surface area contributed by atoms with Crippen LogP contribution in [0.15, 0.2) is 122 Å². The van der Waals surface area contributed by atoms with E-state index in [0.717, 1.165) is 44.1 Å². The molecule has 0 amide bonds. The van der Waals surface area contributed by atoms with Gasteiger partial charge in [0, 0.05) is 35.6 Å². The first-order valence-corrected chi connectivity index (χ1v) is 17.8. The number of nitrogens with zero attached hydrogens (tertiary/aromatic N) is 6. The van der Waals surface area contributed by atoms with Crippen LogP contribution in [0.25, 0.3) is 62.9 Å². The van der Waals surface area contributed by atoms with Crippen LogP contribution in [0, 0.1) is 10.7 Å². The Morgan fingerprint density at radius 2 is 0.852 bits per heavy atom. The molecule has 0 saturated carbocycles. The summed E-state index contributed by atoms with van der Waals surface area (Å²) in [7, 11) is 0. The number of thiocarbonyl (C=S) groups is 1. The van der Waals surface area contributed by atoms with Gasteiger partial charge < -0.3 is 38.5 Å². The zero-order chi connectivity index (χ0) is 43.6. The summed E-state index contributed by atoms with van der Waals surface area (Å²) >= 11 is 7.40. The SMILES string of the molecule is N#C[S-].O=C(O)c1ccc(/C=C/c2ccnc3c2ccc2c(/C=C/c4ccc(C(=O)O)cc4)ccnc23)cc1.O=C(O)c1ccnc(-c2cc(C(=O)O)ccn2)c1.[N-]=C=S.[Ru+2]. The summed E-state index contributed by atoms with van der Waals surface area (Å²) in [6.07, 6.45) is 14.0. The van der Waals surface area contributed by atoms with Crippen molar-refractivity contribution in [1.29, 1.82) is 5.26 Å². The summed E-state index contributed by atoms with van der Waals surface area (Å²) in [4.78, 5) is 60.9. The topological polar surface area (TPSA) is 247 Å². The van der Waals surface area contributed by atoms with E-state index in [1.807, 2.05) is 48.6 Å². The van der Waals surface area contributed by atoms with Gasteiger partial charge in [-0.25, -0.2) is 24.4 Å². The molecule has 0 aliphatic rings. The zero-order valence-corrected chi connectivity index (χ0v) is 34.5. The molecule has 0 radical (unpaired) electrons. The van der Waals surface area contributed by atoms with Crippen molar-refractivity contribution in [2.45, 2.75) is 0 Å². The first-order chi connectivity index (χ1) is 28.9. The molecule has 4 N–H and O–H groups in total. The monoisotopic (exact) mass is 934 g/mol. The van der Waals surface area contributed by atoms with Gasteiger partial charge in [0.25, 0.3) is 0 Å². The molecule has 4 heterocycles. The maximum Gasteiger partial charge on any atom is 2.00 e. The number of rotatable bonds is 9. The third-order valence-corrected chi connectivity index (χ3v) is 8.19. The Hall–Kier alpha value is -7.73. The molecule has 0 unspecified atom stereocenters. The van der Waals surface area contributed by atoms with Crippen molar-refractivity contribution >= 4 is 100.0 Å². The Morgan fingerprint density at radius 3 is 1.16 bits per heavy atom. The number of thiocyanates is 1. The minimum absolute atomic E-state index is 0. The van der Waals surface area contributed by atoms with Crippen LogP contribution >= 0.6 is 12.2 Å². The summed E-state index contributed by atoms with van der Waals surface area (Å²) in [5, 5.41) is 54.7. The van der Waals surface area contributed by atoms with Crippen LogP contribution in [0.5, 0.6) is 0 Å². The fourth-order valence-corrected chi connectivity index (χ4v) is 5.41. The Bertz CT molecular complexity index is 2660. The van der Waals surface area contributed by atoms with Crippen LogP contribution in [0.4, 0.5) is 0 Å². The number of carboxylic acid groups (broad SMARTS) is 4. The minimum atomic E-state index is -1.08. The van der Waals surface area contributed by atoms with Crippen LogP contribution < -0.4 is 0 Å². The first kappa shape index (κ1) is 47.6. The second-order valence-electron chi connectivity index (χ2n) is 11.8.